The monoisotopic (exact) mass is 290 g/mol. The zero-order chi connectivity index (χ0) is 14.9. The second-order valence-corrected chi connectivity index (χ2v) is 10.8. The van der Waals surface area contributed by atoms with Gasteiger partial charge in [-0.2, -0.15) is 0 Å². The van der Waals surface area contributed by atoms with Gasteiger partial charge in [-0.15, -0.1) is 0 Å². The van der Waals surface area contributed by atoms with Crippen molar-refractivity contribution in [2.75, 3.05) is 19.9 Å². The summed E-state index contributed by atoms with van der Waals surface area (Å²) in [6.45, 7) is 7.70. The van der Waals surface area contributed by atoms with Gasteiger partial charge in [-0.3, -0.25) is 9.59 Å². The van der Waals surface area contributed by atoms with Gasteiger partial charge in [0.15, 0.2) is 6.73 Å². The fourth-order valence-electron chi connectivity index (χ4n) is 0.934. The molecule has 0 saturated carbocycles. The van der Waals surface area contributed by atoms with Crippen molar-refractivity contribution in [2.24, 2.45) is 0 Å². The van der Waals surface area contributed by atoms with Crippen LogP contribution < -0.4 is 10.6 Å². The van der Waals surface area contributed by atoms with Gasteiger partial charge in [-0.25, -0.2) is 4.79 Å². The number of rotatable bonds is 7. The highest BCUT2D eigenvalue weighted by Crippen LogP contribution is 2.07. The van der Waals surface area contributed by atoms with Gasteiger partial charge in [-0.05, 0) is 6.04 Å². The van der Waals surface area contributed by atoms with Crippen LogP contribution in [0.3, 0.4) is 0 Å². The first-order valence-corrected chi connectivity index (χ1v) is 9.72. The lowest BCUT2D eigenvalue weighted by Crippen LogP contribution is -2.38. The van der Waals surface area contributed by atoms with Crippen molar-refractivity contribution in [3.05, 3.63) is 0 Å². The average molecular weight is 290 g/mol. The van der Waals surface area contributed by atoms with Crippen molar-refractivity contribution in [3.8, 4) is 0 Å². The lowest BCUT2D eigenvalue weighted by atomic mass is 10.6. The van der Waals surface area contributed by atoms with Crippen molar-refractivity contribution < 1.29 is 23.9 Å². The Bertz CT molecular complexity index is 328. The van der Waals surface area contributed by atoms with E-state index in [0.29, 0.717) is 6.61 Å². The molecular formula is C11H22N2O5Si. The van der Waals surface area contributed by atoms with Crippen LogP contribution in [0.1, 0.15) is 6.92 Å². The quantitative estimate of drug-likeness (QED) is 0.409. The highest BCUT2D eigenvalue weighted by molar-refractivity contribution is 6.76. The molecule has 0 aliphatic carbocycles. The minimum atomic E-state index is -1.23. The summed E-state index contributed by atoms with van der Waals surface area (Å²) in [5.41, 5.74) is 0. The van der Waals surface area contributed by atoms with Crippen LogP contribution in [0.25, 0.3) is 0 Å². The van der Waals surface area contributed by atoms with Gasteiger partial charge in [0, 0.05) is 15.0 Å². The van der Waals surface area contributed by atoms with Crippen molar-refractivity contribution in [3.63, 3.8) is 0 Å². The van der Waals surface area contributed by atoms with E-state index in [0.717, 1.165) is 6.04 Å². The van der Waals surface area contributed by atoms with Gasteiger partial charge in [0.25, 0.3) is 0 Å². The topological polar surface area (TPSA) is 93.7 Å². The molecule has 2 amide bonds. The zero-order valence-electron chi connectivity index (χ0n) is 11.9. The van der Waals surface area contributed by atoms with E-state index < -0.39 is 26.0 Å². The average Bonchev–Trinajstić information content (AvgIpc) is 2.24. The van der Waals surface area contributed by atoms with Crippen molar-refractivity contribution in [1.82, 2.24) is 10.6 Å². The van der Waals surface area contributed by atoms with Crippen LogP contribution in [0.5, 0.6) is 0 Å². The van der Waals surface area contributed by atoms with Crippen LogP contribution >= 0.6 is 0 Å². The Hall–Kier alpha value is -1.57. The lowest BCUT2D eigenvalue weighted by Gasteiger charge is -2.15. The maximum Gasteiger partial charge on any atom is 0.407 e. The van der Waals surface area contributed by atoms with Crippen LogP contribution in [0.2, 0.25) is 25.7 Å². The number of amides is 2. The highest BCUT2D eigenvalue weighted by Gasteiger charge is 2.14. The number of alkyl carbamates (subject to hydrolysis) is 1. The van der Waals surface area contributed by atoms with Gasteiger partial charge in [0.1, 0.15) is 6.54 Å². The summed E-state index contributed by atoms with van der Waals surface area (Å²) < 4.78 is 9.44. The molecule has 0 fully saturated rings. The smallest absolute Gasteiger partial charge is 0.407 e. The van der Waals surface area contributed by atoms with Crippen LogP contribution in [0, 0.1) is 0 Å². The molecule has 0 aliphatic rings. The third kappa shape index (κ3) is 12.7. The standard InChI is InChI=1S/C11H22N2O5Si/c1-9(14)18-8-13-10(15)7-12-11(16)17-5-6-19(2,3)4/h5-8H2,1-4H3,(H,12,16)(H,13,15). The van der Waals surface area contributed by atoms with Crippen LogP contribution in [-0.4, -0.2) is 45.9 Å². The Morgan fingerprint density at radius 3 is 2.21 bits per heavy atom. The van der Waals surface area contributed by atoms with E-state index >= 15 is 0 Å². The number of carbonyl (C=O) groups excluding carboxylic acids is 3. The summed E-state index contributed by atoms with van der Waals surface area (Å²) in [5.74, 6) is -0.942. The molecule has 2 N–H and O–H groups in total. The number of ether oxygens (including phenoxy) is 2. The largest absolute Gasteiger partial charge is 0.450 e. The van der Waals surface area contributed by atoms with Crippen molar-refractivity contribution >= 4 is 26.0 Å². The minimum absolute atomic E-state index is 0.208. The Balaban J connectivity index is 3.61. The molecule has 0 saturated heterocycles. The molecule has 0 spiro atoms. The van der Waals surface area contributed by atoms with Gasteiger partial charge in [0.05, 0.1) is 6.61 Å². The number of carbonyl (C=O) groups is 3. The molecule has 0 aromatic heterocycles. The number of hydrogen-bond acceptors (Lipinski definition) is 5. The molecule has 8 heteroatoms. The van der Waals surface area contributed by atoms with Crippen LogP contribution in [-0.2, 0) is 19.1 Å². The summed E-state index contributed by atoms with van der Waals surface area (Å²) in [6.07, 6.45) is -0.624. The van der Waals surface area contributed by atoms with E-state index in [9.17, 15) is 14.4 Å². The number of esters is 1. The van der Waals surface area contributed by atoms with E-state index in [-0.39, 0.29) is 13.3 Å². The summed E-state index contributed by atoms with van der Waals surface area (Å²) >= 11 is 0. The second-order valence-electron chi connectivity index (χ2n) is 5.18. The summed E-state index contributed by atoms with van der Waals surface area (Å²) in [6, 6.07) is 0.874. The molecular weight excluding hydrogens is 268 g/mol. The molecule has 0 aliphatic heterocycles. The van der Waals surface area contributed by atoms with E-state index in [2.05, 4.69) is 35.0 Å². The molecule has 0 aromatic carbocycles. The normalized spacial score (nSPS) is 10.5. The number of hydrogen-bond donors (Lipinski definition) is 2. The zero-order valence-corrected chi connectivity index (χ0v) is 12.9. The lowest BCUT2D eigenvalue weighted by molar-refractivity contribution is -0.142. The highest BCUT2D eigenvalue weighted by atomic mass is 28.3. The minimum Gasteiger partial charge on any atom is -0.450 e. The molecule has 0 radical (unpaired) electrons. The van der Waals surface area contributed by atoms with Gasteiger partial charge >= 0.3 is 12.1 Å². The Labute approximate surface area is 114 Å². The van der Waals surface area contributed by atoms with Crippen molar-refractivity contribution in [1.29, 1.82) is 0 Å². The SMILES string of the molecule is CC(=O)OCNC(=O)CNC(=O)OCC[Si](C)(C)C. The third-order valence-corrected chi connectivity index (χ3v) is 3.73. The molecule has 0 atom stereocenters. The van der Waals surface area contributed by atoms with E-state index in [4.69, 9.17) is 4.74 Å². The first-order chi connectivity index (χ1) is 8.70. The molecule has 110 valence electrons. The predicted octanol–water partition coefficient (Wildman–Crippen LogP) is 0.688. The molecule has 0 heterocycles. The molecule has 0 bridgehead atoms. The predicted molar refractivity (Wildman–Crippen MR) is 72.3 cm³/mol. The molecule has 0 aromatic rings. The maximum atomic E-state index is 11.2. The fraction of sp³-hybridized carbons (Fsp3) is 0.727. The molecule has 0 unspecified atom stereocenters. The van der Waals surface area contributed by atoms with E-state index in [1.54, 1.807) is 0 Å². The van der Waals surface area contributed by atoms with E-state index in [1.165, 1.54) is 6.92 Å². The number of nitrogens with one attached hydrogen (secondary N) is 2. The van der Waals surface area contributed by atoms with E-state index in [1.807, 2.05) is 0 Å². The van der Waals surface area contributed by atoms with Crippen molar-refractivity contribution in [2.45, 2.75) is 32.6 Å². The first kappa shape index (κ1) is 17.4. The summed E-state index contributed by atoms with van der Waals surface area (Å²) in [5, 5.41) is 4.61. The van der Waals surface area contributed by atoms with Gasteiger partial charge < -0.3 is 20.1 Å². The van der Waals surface area contributed by atoms with Crippen LogP contribution in [0.15, 0.2) is 0 Å². The Morgan fingerprint density at radius 1 is 1.05 bits per heavy atom. The first-order valence-electron chi connectivity index (χ1n) is 6.01. The Kier molecular flexibility index (Phi) is 7.81. The third-order valence-electron chi connectivity index (χ3n) is 2.02. The molecule has 7 nitrogen and oxygen atoms in total. The summed E-state index contributed by atoms with van der Waals surface area (Å²) in [7, 11) is -1.23. The van der Waals surface area contributed by atoms with Crippen LogP contribution in [0.4, 0.5) is 4.79 Å². The molecule has 0 rings (SSSR count). The Morgan fingerprint density at radius 2 is 1.68 bits per heavy atom. The fourth-order valence-corrected chi connectivity index (χ4v) is 1.65. The van der Waals surface area contributed by atoms with Gasteiger partial charge in [-0.1, -0.05) is 19.6 Å². The maximum absolute atomic E-state index is 11.2. The van der Waals surface area contributed by atoms with Gasteiger partial charge in [0.2, 0.25) is 5.91 Å². The second kappa shape index (κ2) is 8.52. The molecule has 19 heavy (non-hydrogen) atoms. The summed E-state index contributed by atoms with van der Waals surface area (Å²) in [4.78, 5) is 32.9.